The summed E-state index contributed by atoms with van der Waals surface area (Å²) in [6.45, 7) is 5.69. The molecule has 1 fully saturated rings. The third-order valence-electron chi connectivity index (χ3n) is 6.66. The van der Waals surface area contributed by atoms with Crippen LogP contribution in [0.5, 0.6) is 5.75 Å². The van der Waals surface area contributed by atoms with Crippen LogP contribution in [0, 0.1) is 5.82 Å². The van der Waals surface area contributed by atoms with E-state index in [-0.39, 0.29) is 23.5 Å². The van der Waals surface area contributed by atoms with Gasteiger partial charge in [-0.15, -0.1) is 0 Å². The molecule has 178 valence electrons. The Morgan fingerprint density at radius 2 is 2.06 bits per heavy atom. The Morgan fingerprint density at radius 3 is 2.79 bits per heavy atom. The van der Waals surface area contributed by atoms with Crippen LogP contribution >= 0.6 is 11.6 Å². The third kappa shape index (κ3) is 4.01. The van der Waals surface area contributed by atoms with Gasteiger partial charge in [-0.25, -0.2) is 4.39 Å². The monoisotopic (exact) mass is 485 g/mol. The van der Waals surface area contributed by atoms with E-state index in [9.17, 15) is 9.59 Å². The highest BCUT2D eigenvalue weighted by Crippen LogP contribution is 2.41. The normalized spacial score (nSPS) is 18.1. The van der Waals surface area contributed by atoms with E-state index >= 15 is 4.39 Å². The van der Waals surface area contributed by atoms with Crippen LogP contribution in [0.2, 0.25) is 5.02 Å². The van der Waals surface area contributed by atoms with Crippen molar-refractivity contribution in [3.05, 3.63) is 68.7 Å². The summed E-state index contributed by atoms with van der Waals surface area (Å²) in [6.07, 6.45) is 1.57. The number of pyridine rings is 1. The van der Waals surface area contributed by atoms with E-state index in [4.69, 9.17) is 16.3 Å². The largest absolute Gasteiger partial charge is 0.487 e. The second-order valence-corrected chi connectivity index (χ2v) is 9.56. The highest BCUT2D eigenvalue weighted by molar-refractivity contribution is 6.30. The number of benzene rings is 2. The zero-order chi connectivity index (χ0) is 24.0. The maximum absolute atomic E-state index is 15.4. The molecule has 1 aromatic heterocycles. The Morgan fingerprint density at radius 1 is 1.29 bits per heavy atom. The molecule has 3 aromatic rings. The first kappa shape index (κ1) is 22.7. The molecule has 9 heteroatoms. The van der Waals surface area contributed by atoms with Gasteiger partial charge in [0.25, 0.3) is 5.91 Å². The first-order valence-electron chi connectivity index (χ1n) is 11.5. The van der Waals surface area contributed by atoms with Gasteiger partial charge in [0.1, 0.15) is 17.9 Å². The number of nitrogens with zero attached hydrogens (tertiary/aromatic N) is 2. The molecule has 0 aliphatic carbocycles. The van der Waals surface area contributed by atoms with E-state index in [0.717, 1.165) is 18.7 Å². The SMILES string of the molecule is C[C@H]1COc2c(N3CC[NH+](C)CC3)c(F)cc3c(=O)c(C(=O)NCc4cccc(Cl)c4)cn1c23. The van der Waals surface area contributed by atoms with Crippen molar-refractivity contribution in [3.63, 3.8) is 0 Å². The van der Waals surface area contributed by atoms with Crippen LogP contribution in [0.4, 0.5) is 10.1 Å². The van der Waals surface area contributed by atoms with Crippen LogP contribution < -0.4 is 25.3 Å². The van der Waals surface area contributed by atoms with Gasteiger partial charge in [-0.05, 0) is 30.7 Å². The number of amides is 1. The molecule has 1 atom stereocenters. The zero-order valence-corrected chi connectivity index (χ0v) is 19.9. The summed E-state index contributed by atoms with van der Waals surface area (Å²) in [6, 6.07) is 8.27. The van der Waals surface area contributed by atoms with Crippen molar-refractivity contribution in [2.45, 2.75) is 19.5 Å². The van der Waals surface area contributed by atoms with Crippen molar-refractivity contribution in [2.75, 3.05) is 44.7 Å². The number of rotatable bonds is 4. The van der Waals surface area contributed by atoms with Gasteiger partial charge < -0.3 is 24.4 Å². The van der Waals surface area contributed by atoms with Crippen molar-refractivity contribution in [1.29, 1.82) is 0 Å². The van der Waals surface area contributed by atoms with Gasteiger partial charge in [0.15, 0.2) is 11.6 Å². The molecule has 0 saturated carbocycles. The molecule has 1 saturated heterocycles. The van der Waals surface area contributed by atoms with Crippen molar-refractivity contribution in [3.8, 4) is 5.75 Å². The van der Waals surface area contributed by atoms with Gasteiger partial charge in [-0.1, -0.05) is 23.7 Å². The molecule has 2 aromatic carbocycles. The number of likely N-dealkylation sites (N-methyl/N-ethyl adjacent to an activating group) is 1. The molecule has 0 unspecified atom stereocenters. The van der Waals surface area contributed by atoms with Crippen LogP contribution in [-0.4, -0.2) is 50.3 Å². The number of carbonyl (C=O) groups excluding carboxylic acids is 1. The molecule has 34 heavy (non-hydrogen) atoms. The zero-order valence-electron chi connectivity index (χ0n) is 19.2. The van der Waals surface area contributed by atoms with Crippen LogP contribution in [-0.2, 0) is 6.54 Å². The van der Waals surface area contributed by atoms with Crippen molar-refractivity contribution >= 4 is 34.1 Å². The molecule has 0 radical (unpaired) electrons. The second kappa shape index (κ2) is 8.92. The highest BCUT2D eigenvalue weighted by atomic mass is 35.5. The summed E-state index contributed by atoms with van der Waals surface area (Å²) in [5.74, 6) is -0.630. The lowest BCUT2D eigenvalue weighted by Crippen LogP contribution is -3.12. The van der Waals surface area contributed by atoms with E-state index in [2.05, 4.69) is 12.4 Å². The maximum Gasteiger partial charge on any atom is 0.257 e. The van der Waals surface area contributed by atoms with E-state index in [1.54, 1.807) is 24.4 Å². The fraction of sp³-hybridized carbons (Fsp3) is 0.360. The number of carbonyl (C=O) groups is 1. The van der Waals surface area contributed by atoms with Crippen molar-refractivity contribution < 1.29 is 18.8 Å². The number of nitrogens with one attached hydrogen (secondary N) is 2. The predicted molar refractivity (Wildman–Crippen MR) is 130 cm³/mol. The van der Waals surface area contributed by atoms with E-state index in [0.29, 0.717) is 41.7 Å². The fourth-order valence-corrected chi connectivity index (χ4v) is 4.92. The molecule has 2 N–H and O–H groups in total. The summed E-state index contributed by atoms with van der Waals surface area (Å²) in [4.78, 5) is 29.7. The molecule has 5 rings (SSSR count). The predicted octanol–water partition coefficient (Wildman–Crippen LogP) is 2.01. The van der Waals surface area contributed by atoms with E-state index in [1.165, 1.54) is 11.0 Å². The van der Waals surface area contributed by atoms with Crippen LogP contribution in [0.15, 0.2) is 41.3 Å². The number of halogens is 2. The smallest absolute Gasteiger partial charge is 0.257 e. The molecule has 3 heterocycles. The van der Waals surface area contributed by atoms with E-state index in [1.807, 2.05) is 22.5 Å². The quantitative estimate of drug-likeness (QED) is 0.593. The molecule has 0 bridgehead atoms. The van der Waals surface area contributed by atoms with Crippen molar-refractivity contribution in [1.82, 2.24) is 9.88 Å². The molecule has 0 spiro atoms. The van der Waals surface area contributed by atoms with E-state index < -0.39 is 17.2 Å². The Hall–Kier alpha value is -3.10. The van der Waals surface area contributed by atoms with Gasteiger partial charge in [0.2, 0.25) is 5.43 Å². The average molecular weight is 486 g/mol. The van der Waals surface area contributed by atoms with Gasteiger partial charge in [-0.3, -0.25) is 9.59 Å². The molecule has 7 nitrogen and oxygen atoms in total. The lowest BCUT2D eigenvalue weighted by Gasteiger charge is -2.35. The standard InChI is InChI=1S/C25H26ClFN4O3/c1-15-14-34-24-21-18(11-20(27)22(24)30-8-6-29(2)7-9-30)23(32)19(13-31(15)21)25(33)28-12-16-4-3-5-17(26)10-16/h3-5,10-11,13,15H,6-9,12,14H2,1-2H3,(H,28,33)/p+1/t15-/m0/s1. The summed E-state index contributed by atoms with van der Waals surface area (Å²) < 4.78 is 23.3. The molecule has 1 amide bonds. The molecular weight excluding hydrogens is 459 g/mol. The fourth-order valence-electron chi connectivity index (χ4n) is 4.70. The van der Waals surface area contributed by atoms with Crippen LogP contribution in [0.25, 0.3) is 10.9 Å². The third-order valence-corrected chi connectivity index (χ3v) is 6.90. The van der Waals surface area contributed by atoms with Crippen LogP contribution in [0.1, 0.15) is 28.9 Å². The number of hydrogen-bond donors (Lipinski definition) is 2. The minimum atomic E-state index is -0.512. The summed E-state index contributed by atoms with van der Waals surface area (Å²) in [7, 11) is 2.12. The molecule has 2 aliphatic rings. The number of hydrogen-bond acceptors (Lipinski definition) is 4. The average Bonchev–Trinajstić information content (AvgIpc) is 2.82. The maximum atomic E-state index is 15.4. The number of anilines is 1. The summed E-state index contributed by atoms with van der Waals surface area (Å²) in [5.41, 5.74) is 1.22. The topological polar surface area (TPSA) is 68.0 Å². The van der Waals surface area contributed by atoms with Gasteiger partial charge in [0.05, 0.1) is 50.2 Å². The lowest BCUT2D eigenvalue weighted by atomic mass is 10.0. The Kier molecular flexibility index (Phi) is 5.95. The second-order valence-electron chi connectivity index (χ2n) is 9.13. The first-order valence-corrected chi connectivity index (χ1v) is 11.8. The molecule has 2 aliphatic heterocycles. The minimum absolute atomic E-state index is 0.0235. The molecular formula is C25H27ClFN4O3+. The number of piperazine rings is 1. The van der Waals surface area contributed by atoms with Gasteiger partial charge >= 0.3 is 0 Å². The number of aromatic nitrogens is 1. The minimum Gasteiger partial charge on any atom is -0.487 e. The highest BCUT2D eigenvalue weighted by Gasteiger charge is 2.31. The summed E-state index contributed by atoms with van der Waals surface area (Å²) in [5, 5.41) is 3.50. The first-order chi connectivity index (χ1) is 16.3. The van der Waals surface area contributed by atoms with Gasteiger partial charge in [0, 0.05) is 17.8 Å². The number of ether oxygens (including phenoxy) is 1. The Bertz CT molecular complexity index is 1330. The van der Waals surface area contributed by atoms with Crippen molar-refractivity contribution in [2.24, 2.45) is 0 Å². The summed E-state index contributed by atoms with van der Waals surface area (Å²) >= 11 is 6.02. The lowest BCUT2D eigenvalue weighted by molar-refractivity contribution is -0.880. The van der Waals surface area contributed by atoms with Crippen LogP contribution in [0.3, 0.4) is 0 Å². The van der Waals surface area contributed by atoms with Gasteiger partial charge in [-0.2, -0.15) is 0 Å². The number of quaternary nitrogens is 1. The Labute approximate surface area is 201 Å². The Balaban J connectivity index is 1.56.